The molecule has 14 heavy (non-hydrogen) atoms. The molecule has 0 aromatic rings. The van der Waals surface area contributed by atoms with Crippen molar-refractivity contribution in [3.63, 3.8) is 0 Å². The van der Waals surface area contributed by atoms with E-state index in [-0.39, 0.29) is 11.9 Å². The van der Waals surface area contributed by atoms with Crippen LogP contribution in [0.25, 0.3) is 0 Å². The maximum Gasteiger partial charge on any atom is 0.239 e. The van der Waals surface area contributed by atoms with E-state index in [0.717, 1.165) is 19.0 Å². The van der Waals surface area contributed by atoms with Gasteiger partial charge in [0.2, 0.25) is 5.91 Å². The standard InChI is InChI=1S/C11H22N2O/c1-9-6-5-7-13(8-9)10(2)11(14)12(3)4/h9-10H,5-8H2,1-4H3. The fraction of sp³-hybridized carbons (Fsp3) is 0.909. The number of amides is 1. The second kappa shape index (κ2) is 4.78. The van der Waals surface area contributed by atoms with Crippen molar-refractivity contribution in [3.8, 4) is 0 Å². The molecule has 0 bridgehead atoms. The number of carbonyl (C=O) groups is 1. The molecule has 1 heterocycles. The lowest BCUT2D eigenvalue weighted by atomic mass is 9.99. The first kappa shape index (κ1) is 11.5. The van der Waals surface area contributed by atoms with Crippen LogP contribution in [0.5, 0.6) is 0 Å². The third-order valence-electron chi connectivity index (χ3n) is 3.03. The Labute approximate surface area is 87.1 Å². The summed E-state index contributed by atoms with van der Waals surface area (Å²) in [7, 11) is 3.65. The quantitative estimate of drug-likeness (QED) is 0.665. The van der Waals surface area contributed by atoms with E-state index in [9.17, 15) is 4.79 Å². The molecule has 3 nitrogen and oxygen atoms in total. The van der Waals surface area contributed by atoms with Crippen LogP contribution < -0.4 is 0 Å². The molecule has 3 heteroatoms. The average molecular weight is 198 g/mol. The third-order valence-corrected chi connectivity index (χ3v) is 3.03. The number of piperidine rings is 1. The summed E-state index contributed by atoms with van der Waals surface area (Å²) in [6, 6.07) is 0.0488. The summed E-state index contributed by atoms with van der Waals surface area (Å²) >= 11 is 0. The largest absolute Gasteiger partial charge is 0.347 e. The van der Waals surface area contributed by atoms with E-state index in [0.29, 0.717) is 0 Å². The molecule has 1 amide bonds. The lowest BCUT2D eigenvalue weighted by molar-refractivity contribution is -0.134. The Morgan fingerprint density at radius 1 is 1.50 bits per heavy atom. The molecule has 2 unspecified atom stereocenters. The zero-order chi connectivity index (χ0) is 10.7. The van der Waals surface area contributed by atoms with Crippen LogP contribution in [0.4, 0.5) is 0 Å². The van der Waals surface area contributed by atoms with Crippen molar-refractivity contribution in [2.24, 2.45) is 5.92 Å². The summed E-state index contributed by atoms with van der Waals surface area (Å²) in [6.45, 7) is 6.42. The number of rotatable bonds is 2. The molecular weight excluding hydrogens is 176 g/mol. The Balaban J connectivity index is 2.51. The van der Waals surface area contributed by atoms with E-state index in [1.807, 2.05) is 21.0 Å². The van der Waals surface area contributed by atoms with Crippen molar-refractivity contribution in [1.29, 1.82) is 0 Å². The van der Waals surface area contributed by atoms with Crippen LogP contribution in [0.3, 0.4) is 0 Å². The topological polar surface area (TPSA) is 23.6 Å². The Hall–Kier alpha value is -0.570. The van der Waals surface area contributed by atoms with Gasteiger partial charge in [-0.05, 0) is 32.2 Å². The molecule has 1 aliphatic heterocycles. The summed E-state index contributed by atoms with van der Waals surface area (Å²) < 4.78 is 0. The molecule has 0 spiro atoms. The maximum atomic E-state index is 11.7. The normalized spacial score (nSPS) is 25.9. The van der Waals surface area contributed by atoms with E-state index in [2.05, 4.69) is 11.8 Å². The highest BCUT2D eigenvalue weighted by Gasteiger charge is 2.26. The van der Waals surface area contributed by atoms with Gasteiger partial charge < -0.3 is 4.90 Å². The van der Waals surface area contributed by atoms with Gasteiger partial charge in [0.05, 0.1) is 6.04 Å². The highest BCUT2D eigenvalue weighted by atomic mass is 16.2. The predicted octanol–water partition coefficient (Wildman–Crippen LogP) is 1.20. The maximum absolute atomic E-state index is 11.7. The average Bonchev–Trinajstić information content (AvgIpc) is 2.15. The molecular formula is C11H22N2O. The van der Waals surface area contributed by atoms with E-state index in [4.69, 9.17) is 0 Å². The second-order valence-corrected chi connectivity index (χ2v) is 4.65. The molecule has 0 aromatic carbocycles. The number of nitrogens with zero attached hydrogens (tertiary/aromatic N) is 2. The SMILES string of the molecule is CC1CCCN(C(C)C(=O)N(C)C)C1. The van der Waals surface area contributed by atoms with Gasteiger partial charge in [-0.2, -0.15) is 0 Å². The lowest BCUT2D eigenvalue weighted by Crippen LogP contribution is -2.48. The summed E-state index contributed by atoms with van der Waals surface area (Å²) in [5.74, 6) is 0.959. The zero-order valence-corrected chi connectivity index (χ0v) is 9.79. The minimum absolute atomic E-state index is 0.0488. The Kier molecular flexibility index (Phi) is 3.93. The molecule has 0 saturated carbocycles. The van der Waals surface area contributed by atoms with Gasteiger partial charge in [-0.3, -0.25) is 9.69 Å². The monoisotopic (exact) mass is 198 g/mol. The van der Waals surface area contributed by atoms with Gasteiger partial charge in [0.1, 0.15) is 0 Å². The number of hydrogen-bond acceptors (Lipinski definition) is 2. The van der Waals surface area contributed by atoms with Gasteiger partial charge in [-0.15, -0.1) is 0 Å². The first-order chi connectivity index (χ1) is 6.52. The Morgan fingerprint density at radius 2 is 2.14 bits per heavy atom. The highest BCUT2D eigenvalue weighted by Crippen LogP contribution is 2.18. The summed E-state index contributed by atoms with van der Waals surface area (Å²) in [5, 5.41) is 0. The summed E-state index contributed by atoms with van der Waals surface area (Å²) in [6.07, 6.45) is 2.53. The van der Waals surface area contributed by atoms with Gasteiger partial charge >= 0.3 is 0 Å². The first-order valence-corrected chi connectivity index (χ1v) is 5.47. The molecule has 1 saturated heterocycles. The smallest absolute Gasteiger partial charge is 0.239 e. The Morgan fingerprint density at radius 3 is 2.64 bits per heavy atom. The van der Waals surface area contributed by atoms with Crippen molar-refractivity contribution in [2.75, 3.05) is 27.2 Å². The minimum Gasteiger partial charge on any atom is -0.347 e. The van der Waals surface area contributed by atoms with Gasteiger partial charge in [-0.1, -0.05) is 6.92 Å². The van der Waals surface area contributed by atoms with E-state index < -0.39 is 0 Å². The molecule has 1 aliphatic rings. The minimum atomic E-state index is 0.0488. The molecule has 0 radical (unpaired) electrons. The van der Waals surface area contributed by atoms with E-state index in [1.54, 1.807) is 4.90 Å². The summed E-state index contributed by atoms with van der Waals surface area (Å²) in [4.78, 5) is 15.7. The predicted molar refractivity (Wildman–Crippen MR) is 58.1 cm³/mol. The van der Waals surface area contributed by atoms with Gasteiger partial charge in [0.25, 0.3) is 0 Å². The number of likely N-dealkylation sites (N-methyl/N-ethyl adjacent to an activating group) is 1. The fourth-order valence-corrected chi connectivity index (χ4v) is 2.11. The summed E-state index contributed by atoms with van der Waals surface area (Å²) in [5.41, 5.74) is 0. The fourth-order valence-electron chi connectivity index (χ4n) is 2.11. The van der Waals surface area contributed by atoms with Crippen molar-refractivity contribution >= 4 is 5.91 Å². The van der Waals surface area contributed by atoms with Crippen LogP contribution in [0, 0.1) is 5.92 Å². The molecule has 0 aromatic heterocycles. The van der Waals surface area contributed by atoms with Crippen LogP contribution in [0.1, 0.15) is 26.7 Å². The molecule has 2 atom stereocenters. The van der Waals surface area contributed by atoms with Crippen LogP contribution >= 0.6 is 0 Å². The second-order valence-electron chi connectivity index (χ2n) is 4.65. The van der Waals surface area contributed by atoms with E-state index >= 15 is 0 Å². The Bertz CT molecular complexity index is 203. The van der Waals surface area contributed by atoms with Crippen molar-refractivity contribution in [3.05, 3.63) is 0 Å². The van der Waals surface area contributed by atoms with Gasteiger partial charge in [-0.25, -0.2) is 0 Å². The highest BCUT2D eigenvalue weighted by molar-refractivity contribution is 5.80. The molecule has 1 fully saturated rings. The lowest BCUT2D eigenvalue weighted by Gasteiger charge is -2.35. The molecule has 0 N–H and O–H groups in total. The number of carbonyl (C=O) groups excluding carboxylic acids is 1. The van der Waals surface area contributed by atoms with Gasteiger partial charge in [0, 0.05) is 20.6 Å². The van der Waals surface area contributed by atoms with Crippen LogP contribution in [0.2, 0.25) is 0 Å². The first-order valence-electron chi connectivity index (χ1n) is 5.47. The third kappa shape index (κ3) is 2.71. The molecule has 0 aliphatic carbocycles. The van der Waals surface area contributed by atoms with Crippen LogP contribution in [-0.2, 0) is 4.79 Å². The van der Waals surface area contributed by atoms with E-state index in [1.165, 1.54) is 12.8 Å². The molecule has 1 rings (SSSR count). The van der Waals surface area contributed by atoms with Crippen molar-refractivity contribution in [2.45, 2.75) is 32.7 Å². The molecule has 82 valence electrons. The van der Waals surface area contributed by atoms with Gasteiger partial charge in [0.15, 0.2) is 0 Å². The zero-order valence-electron chi connectivity index (χ0n) is 9.79. The number of likely N-dealkylation sites (tertiary alicyclic amines) is 1. The van der Waals surface area contributed by atoms with Crippen LogP contribution in [-0.4, -0.2) is 48.9 Å². The van der Waals surface area contributed by atoms with Crippen molar-refractivity contribution in [1.82, 2.24) is 9.80 Å². The van der Waals surface area contributed by atoms with Crippen LogP contribution in [0.15, 0.2) is 0 Å². The number of hydrogen-bond donors (Lipinski definition) is 0. The van der Waals surface area contributed by atoms with Crippen molar-refractivity contribution < 1.29 is 4.79 Å².